The van der Waals surface area contributed by atoms with Gasteiger partial charge >= 0.3 is 5.97 Å². The second-order valence-electron chi connectivity index (χ2n) is 7.47. The number of anilines is 1. The van der Waals surface area contributed by atoms with Crippen LogP contribution in [0.2, 0.25) is 0 Å². The molecule has 0 aromatic heterocycles. The van der Waals surface area contributed by atoms with Crippen LogP contribution in [0.3, 0.4) is 0 Å². The van der Waals surface area contributed by atoms with Crippen molar-refractivity contribution in [3.05, 3.63) is 80.4 Å². The van der Waals surface area contributed by atoms with Crippen molar-refractivity contribution in [2.24, 2.45) is 5.92 Å². The van der Waals surface area contributed by atoms with Gasteiger partial charge in [0, 0.05) is 12.0 Å². The molecule has 1 aliphatic carbocycles. The summed E-state index contributed by atoms with van der Waals surface area (Å²) < 4.78 is 4.76. The predicted molar refractivity (Wildman–Crippen MR) is 107 cm³/mol. The van der Waals surface area contributed by atoms with Crippen LogP contribution in [0.5, 0.6) is 0 Å². The monoisotopic (exact) mass is 378 g/mol. The molecule has 0 unspecified atom stereocenters. The number of aryl methyl sites for hydroxylation is 1. The summed E-state index contributed by atoms with van der Waals surface area (Å²) >= 11 is 0. The highest BCUT2D eigenvalue weighted by atomic mass is 16.6. The Labute approximate surface area is 163 Å². The van der Waals surface area contributed by atoms with Gasteiger partial charge in [0.25, 0.3) is 5.69 Å². The van der Waals surface area contributed by atoms with Gasteiger partial charge in [-0.25, -0.2) is 4.79 Å². The maximum Gasteiger partial charge on any atom is 0.337 e. The molecule has 0 bridgehead atoms. The van der Waals surface area contributed by atoms with Crippen molar-refractivity contribution < 1.29 is 14.5 Å². The molecule has 0 spiro atoms. The van der Waals surface area contributed by atoms with Gasteiger partial charge in [0.2, 0.25) is 0 Å². The van der Waals surface area contributed by atoms with Crippen LogP contribution in [0.15, 0.2) is 42.5 Å². The fourth-order valence-corrected chi connectivity index (χ4v) is 4.50. The van der Waals surface area contributed by atoms with E-state index in [4.69, 9.17) is 4.74 Å². The molecule has 0 saturated heterocycles. The van der Waals surface area contributed by atoms with E-state index in [1.807, 2.05) is 26.0 Å². The molecule has 1 heterocycles. The van der Waals surface area contributed by atoms with E-state index in [0.29, 0.717) is 11.3 Å². The topological polar surface area (TPSA) is 81.5 Å². The number of methoxy groups -OCH3 is 1. The lowest BCUT2D eigenvalue weighted by Gasteiger charge is -2.38. The van der Waals surface area contributed by atoms with E-state index in [1.54, 1.807) is 18.2 Å². The molecular weight excluding hydrogens is 356 g/mol. The summed E-state index contributed by atoms with van der Waals surface area (Å²) in [7, 11) is 1.36. The van der Waals surface area contributed by atoms with Crippen molar-refractivity contribution in [1.29, 1.82) is 0 Å². The lowest BCUT2D eigenvalue weighted by Crippen LogP contribution is -2.30. The molecule has 2 aromatic carbocycles. The van der Waals surface area contributed by atoms with Crippen LogP contribution in [0.1, 0.15) is 51.0 Å². The van der Waals surface area contributed by atoms with E-state index in [1.165, 1.54) is 7.11 Å². The first-order valence-corrected chi connectivity index (χ1v) is 9.32. The molecule has 0 amide bonds. The number of allylic oxidation sites excluding steroid dienone is 2. The highest BCUT2D eigenvalue weighted by Gasteiger charge is 2.41. The van der Waals surface area contributed by atoms with Crippen molar-refractivity contribution in [3.63, 3.8) is 0 Å². The molecule has 144 valence electrons. The molecule has 3 atom stereocenters. The Hall–Kier alpha value is -3.15. The van der Waals surface area contributed by atoms with Crippen LogP contribution in [0, 0.1) is 29.9 Å². The second kappa shape index (κ2) is 6.78. The molecule has 0 fully saturated rings. The Morgan fingerprint density at radius 3 is 2.61 bits per heavy atom. The quantitative estimate of drug-likeness (QED) is 0.358. The Kier molecular flexibility index (Phi) is 4.41. The molecule has 2 aliphatic rings. The minimum atomic E-state index is -0.379. The number of ether oxygens (including phenoxy) is 1. The van der Waals surface area contributed by atoms with Gasteiger partial charge in [0.15, 0.2) is 0 Å². The summed E-state index contributed by atoms with van der Waals surface area (Å²) in [6.07, 6.45) is 5.24. The number of hydrogen-bond donors (Lipinski definition) is 1. The number of benzene rings is 2. The zero-order valence-corrected chi connectivity index (χ0v) is 16.1. The van der Waals surface area contributed by atoms with Gasteiger partial charge in [-0.2, -0.15) is 0 Å². The van der Waals surface area contributed by atoms with E-state index in [2.05, 4.69) is 17.5 Å². The molecule has 1 aliphatic heterocycles. The first kappa shape index (κ1) is 18.2. The van der Waals surface area contributed by atoms with Crippen molar-refractivity contribution in [3.8, 4) is 0 Å². The van der Waals surface area contributed by atoms with Crippen LogP contribution in [0.25, 0.3) is 0 Å². The highest BCUT2D eigenvalue weighted by molar-refractivity contribution is 5.89. The fraction of sp³-hybridized carbons (Fsp3) is 0.318. The number of carbonyl (C=O) groups excluding carboxylic acids is 1. The van der Waals surface area contributed by atoms with Gasteiger partial charge in [-0.3, -0.25) is 10.1 Å². The fourth-order valence-electron chi connectivity index (χ4n) is 4.50. The number of nitro groups is 1. The van der Waals surface area contributed by atoms with Crippen molar-refractivity contribution >= 4 is 17.3 Å². The summed E-state index contributed by atoms with van der Waals surface area (Å²) in [5.74, 6) is 0.0346. The Balaban J connectivity index is 1.81. The van der Waals surface area contributed by atoms with Crippen LogP contribution in [0.4, 0.5) is 11.4 Å². The molecular formula is C22H22N2O4. The van der Waals surface area contributed by atoms with Crippen LogP contribution >= 0.6 is 0 Å². The third-order valence-corrected chi connectivity index (χ3v) is 6.04. The first-order chi connectivity index (χ1) is 13.4. The summed E-state index contributed by atoms with van der Waals surface area (Å²) in [6, 6.07) is 8.86. The average Bonchev–Trinajstić information content (AvgIpc) is 3.18. The van der Waals surface area contributed by atoms with Gasteiger partial charge in [0.05, 0.1) is 23.6 Å². The Morgan fingerprint density at radius 2 is 1.96 bits per heavy atom. The minimum absolute atomic E-state index is 0.0694. The standard InChI is InChI=1S/C22H22N2O4/c1-12-11-18(24(26)27)21-19(13(12)2)16-5-4-6-17(16)20(23-21)14-7-9-15(10-8-14)22(25)28-3/h4-5,7-11,16-17,20,23H,6H2,1-3H3/t16-,17-,20+/m0/s1. The molecule has 2 aromatic rings. The summed E-state index contributed by atoms with van der Waals surface area (Å²) in [5.41, 5.74) is 5.30. The van der Waals surface area contributed by atoms with E-state index in [0.717, 1.165) is 28.7 Å². The Bertz CT molecular complexity index is 995. The third kappa shape index (κ3) is 2.76. The van der Waals surface area contributed by atoms with Gasteiger partial charge in [-0.1, -0.05) is 24.3 Å². The highest BCUT2D eigenvalue weighted by Crippen LogP contribution is 2.53. The number of rotatable bonds is 3. The molecule has 1 N–H and O–H groups in total. The van der Waals surface area contributed by atoms with E-state index in [-0.39, 0.29) is 34.5 Å². The number of hydrogen-bond acceptors (Lipinski definition) is 5. The van der Waals surface area contributed by atoms with E-state index in [9.17, 15) is 14.9 Å². The second-order valence-corrected chi connectivity index (χ2v) is 7.47. The van der Waals surface area contributed by atoms with Crippen LogP contribution < -0.4 is 5.32 Å². The van der Waals surface area contributed by atoms with E-state index >= 15 is 0 Å². The molecule has 6 heteroatoms. The minimum Gasteiger partial charge on any atom is -0.465 e. The molecule has 0 saturated carbocycles. The molecule has 28 heavy (non-hydrogen) atoms. The third-order valence-electron chi connectivity index (χ3n) is 6.04. The number of nitrogens with one attached hydrogen (secondary N) is 1. The molecule has 6 nitrogen and oxygen atoms in total. The number of esters is 1. The van der Waals surface area contributed by atoms with Crippen LogP contribution in [-0.2, 0) is 4.74 Å². The van der Waals surface area contributed by atoms with Crippen molar-refractivity contribution in [2.75, 3.05) is 12.4 Å². The van der Waals surface area contributed by atoms with E-state index < -0.39 is 0 Å². The maximum atomic E-state index is 11.7. The number of carbonyl (C=O) groups is 1. The zero-order chi connectivity index (χ0) is 20.0. The lowest BCUT2D eigenvalue weighted by molar-refractivity contribution is -0.384. The summed E-state index contributed by atoms with van der Waals surface area (Å²) in [6.45, 7) is 3.96. The van der Waals surface area contributed by atoms with Crippen LogP contribution in [-0.4, -0.2) is 18.0 Å². The number of nitro benzene ring substituents is 1. The summed E-state index contributed by atoms with van der Waals surface area (Å²) in [4.78, 5) is 23.1. The van der Waals surface area contributed by atoms with Crippen molar-refractivity contribution in [2.45, 2.75) is 32.2 Å². The normalized spacial score (nSPS) is 22.2. The van der Waals surface area contributed by atoms with Gasteiger partial charge in [0.1, 0.15) is 5.69 Å². The van der Waals surface area contributed by atoms with Crippen molar-refractivity contribution in [1.82, 2.24) is 0 Å². The average molecular weight is 378 g/mol. The summed E-state index contributed by atoms with van der Waals surface area (Å²) in [5, 5.41) is 15.2. The van der Waals surface area contributed by atoms with Gasteiger partial charge in [-0.15, -0.1) is 0 Å². The van der Waals surface area contributed by atoms with Gasteiger partial charge < -0.3 is 10.1 Å². The SMILES string of the molecule is COC(=O)c1ccc([C@H]2Nc3c([N+](=O)[O-])cc(C)c(C)c3[C@H]3C=CC[C@@H]32)cc1. The largest absolute Gasteiger partial charge is 0.465 e. The zero-order valence-electron chi connectivity index (χ0n) is 16.1. The smallest absolute Gasteiger partial charge is 0.337 e. The lowest BCUT2D eigenvalue weighted by atomic mass is 9.74. The number of nitrogens with zero attached hydrogens (tertiary/aromatic N) is 1. The van der Waals surface area contributed by atoms with Gasteiger partial charge in [-0.05, 0) is 60.6 Å². The maximum absolute atomic E-state index is 11.7. The molecule has 0 radical (unpaired) electrons. The number of fused-ring (bicyclic) bond motifs is 3. The molecule has 4 rings (SSSR count). The predicted octanol–water partition coefficient (Wildman–Crippen LogP) is 4.82. The Morgan fingerprint density at radius 1 is 1.25 bits per heavy atom. The first-order valence-electron chi connectivity index (χ1n) is 9.32.